The molecule has 0 aliphatic carbocycles. The van der Waals surface area contributed by atoms with Crippen molar-refractivity contribution in [1.82, 2.24) is 9.55 Å². The van der Waals surface area contributed by atoms with E-state index in [2.05, 4.69) is 11.1 Å². The van der Waals surface area contributed by atoms with Gasteiger partial charge in [0.1, 0.15) is 0 Å². The Hall–Kier alpha value is -3.14. The van der Waals surface area contributed by atoms with Gasteiger partial charge >= 0.3 is 0 Å². The average Bonchev–Trinajstić information content (AvgIpc) is 3.11. The van der Waals surface area contributed by atoms with E-state index in [1.54, 1.807) is 6.20 Å². The van der Waals surface area contributed by atoms with E-state index in [9.17, 15) is 4.79 Å². The minimum Gasteiger partial charge on any atom is -0.470 e. The standard InChI is InChI=1S/C22H20N2O2/c1-16(2)12-13-22(17-8-4-3-5-9-17)20(25)18-10-7-15-24(18)21-19(26-22)11-6-14-23-21/h3-12,14-15H,13H2,1-2H3. The predicted molar refractivity (Wildman–Crippen MR) is 101 cm³/mol. The Morgan fingerprint density at radius 1 is 1.12 bits per heavy atom. The fourth-order valence-corrected chi connectivity index (χ4v) is 3.33. The van der Waals surface area contributed by atoms with Crippen molar-refractivity contribution in [3.8, 4) is 11.6 Å². The number of benzene rings is 1. The van der Waals surface area contributed by atoms with E-state index in [4.69, 9.17) is 4.74 Å². The van der Waals surface area contributed by atoms with Crippen LogP contribution in [0.5, 0.6) is 5.75 Å². The Morgan fingerprint density at radius 3 is 2.69 bits per heavy atom. The van der Waals surface area contributed by atoms with E-state index in [1.165, 1.54) is 0 Å². The molecule has 0 saturated carbocycles. The van der Waals surface area contributed by atoms with Crippen LogP contribution in [0.2, 0.25) is 0 Å². The van der Waals surface area contributed by atoms with Crippen LogP contribution in [-0.4, -0.2) is 15.3 Å². The summed E-state index contributed by atoms with van der Waals surface area (Å²) in [4.78, 5) is 18.2. The summed E-state index contributed by atoms with van der Waals surface area (Å²) < 4.78 is 8.27. The molecule has 0 N–H and O–H groups in total. The van der Waals surface area contributed by atoms with Crippen molar-refractivity contribution in [3.05, 3.63) is 89.9 Å². The van der Waals surface area contributed by atoms with Gasteiger partial charge in [-0.05, 0) is 38.1 Å². The molecule has 0 radical (unpaired) electrons. The van der Waals surface area contributed by atoms with Gasteiger partial charge in [0.05, 0.1) is 5.69 Å². The Kier molecular flexibility index (Phi) is 3.96. The zero-order valence-corrected chi connectivity index (χ0v) is 14.8. The van der Waals surface area contributed by atoms with E-state index < -0.39 is 5.60 Å². The Labute approximate surface area is 152 Å². The number of ether oxygens (including phenoxy) is 1. The zero-order valence-electron chi connectivity index (χ0n) is 14.8. The van der Waals surface area contributed by atoms with Crippen LogP contribution in [0, 0.1) is 0 Å². The summed E-state index contributed by atoms with van der Waals surface area (Å²) in [6.45, 7) is 4.05. The molecular formula is C22H20N2O2. The van der Waals surface area contributed by atoms with Crippen molar-refractivity contribution in [2.45, 2.75) is 25.9 Å². The van der Waals surface area contributed by atoms with Crippen LogP contribution < -0.4 is 4.74 Å². The molecule has 0 amide bonds. The van der Waals surface area contributed by atoms with Gasteiger partial charge in [0.25, 0.3) is 0 Å². The molecule has 0 fully saturated rings. The predicted octanol–water partition coefficient (Wildman–Crippen LogP) is 4.70. The monoisotopic (exact) mass is 344 g/mol. The molecule has 0 saturated heterocycles. The molecule has 1 aliphatic rings. The number of aromatic nitrogens is 2. The van der Waals surface area contributed by atoms with Crippen molar-refractivity contribution in [2.75, 3.05) is 0 Å². The lowest BCUT2D eigenvalue weighted by molar-refractivity contribution is 0.0452. The lowest BCUT2D eigenvalue weighted by Gasteiger charge is -2.31. The van der Waals surface area contributed by atoms with Crippen LogP contribution in [0.1, 0.15) is 36.3 Å². The Bertz CT molecular complexity index is 984. The normalized spacial score (nSPS) is 18.3. The van der Waals surface area contributed by atoms with Gasteiger partial charge in [-0.25, -0.2) is 4.98 Å². The van der Waals surface area contributed by atoms with Gasteiger partial charge in [-0.3, -0.25) is 9.36 Å². The highest BCUT2D eigenvalue weighted by molar-refractivity contribution is 6.03. The Balaban J connectivity index is 2.00. The number of nitrogens with zero attached hydrogens (tertiary/aromatic N) is 2. The van der Waals surface area contributed by atoms with Crippen LogP contribution >= 0.6 is 0 Å². The molecule has 4 heteroatoms. The zero-order chi connectivity index (χ0) is 18.1. The first-order valence-corrected chi connectivity index (χ1v) is 8.67. The molecule has 3 aromatic rings. The lowest BCUT2D eigenvalue weighted by atomic mass is 9.84. The maximum atomic E-state index is 13.7. The van der Waals surface area contributed by atoms with Gasteiger partial charge in [0.15, 0.2) is 11.6 Å². The molecular weight excluding hydrogens is 324 g/mol. The third-order valence-electron chi connectivity index (χ3n) is 4.65. The van der Waals surface area contributed by atoms with Crippen LogP contribution in [0.4, 0.5) is 0 Å². The van der Waals surface area contributed by atoms with E-state index in [-0.39, 0.29) is 5.78 Å². The third-order valence-corrected chi connectivity index (χ3v) is 4.65. The summed E-state index contributed by atoms with van der Waals surface area (Å²) in [5, 5.41) is 0. The fraction of sp³-hybridized carbons (Fsp3) is 0.182. The van der Waals surface area contributed by atoms with Gasteiger partial charge in [-0.1, -0.05) is 42.0 Å². The highest BCUT2D eigenvalue weighted by Crippen LogP contribution is 2.40. The highest BCUT2D eigenvalue weighted by Gasteiger charge is 2.46. The van der Waals surface area contributed by atoms with Crippen LogP contribution in [-0.2, 0) is 5.60 Å². The van der Waals surface area contributed by atoms with E-state index >= 15 is 0 Å². The average molecular weight is 344 g/mol. The molecule has 130 valence electrons. The number of ketones is 1. The second-order valence-corrected chi connectivity index (χ2v) is 6.70. The van der Waals surface area contributed by atoms with Crippen LogP contribution in [0.15, 0.2) is 78.6 Å². The fourth-order valence-electron chi connectivity index (χ4n) is 3.33. The molecule has 2 aromatic heterocycles. The number of carbonyl (C=O) groups is 1. The molecule has 0 spiro atoms. The largest absolute Gasteiger partial charge is 0.470 e. The first-order chi connectivity index (χ1) is 12.6. The molecule has 4 nitrogen and oxygen atoms in total. The van der Waals surface area contributed by atoms with Gasteiger partial charge in [0.2, 0.25) is 11.4 Å². The lowest BCUT2D eigenvalue weighted by Crippen LogP contribution is -2.41. The second-order valence-electron chi connectivity index (χ2n) is 6.70. The molecule has 1 atom stereocenters. The topological polar surface area (TPSA) is 44.1 Å². The number of carbonyl (C=O) groups excluding carboxylic acids is 1. The van der Waals surface area contributed by atoms with Gasteiger partial charge in [-0.2, -0.15) is 0 Å². The first-order valence-electron chi connectivity index (χ1n) is 8.67. The van der Waals surface area contributed by atoms with E-state index in [1.807, 2.05) is 79.2 Å². The smallest absolute Gasteiger partial charge is 0.228 e. The second kappa shape index (κ2) is 6.30. The quantitative estimate of drug-likeness (QED) is 0.647. The van der Waals surface area contributed by atoms with Crippen molar-refractivity contribution >= 4 is 5.78 Å². The summed E-state index contributed by atoms with van der Waals surface area (Å²) in [6, 6.07) is 17.1. The summed E-state index contributed by atoms with van der Waals surface area (Å²) >= 11 is 0. The van der Waals surface area contributed by atoms with Gasteiger partial charge < -0.3 is 4.74 Å². The van der Waals surface area contributed by atoms with Crippen LogP contribution in [0.3, 0.4) is 0 Å². The number of allylic oxidation sites excluding steroid dienone is 1. The molecule has 0 bridgehead atoms. The van der Waals surface area contributed by atoms with Gasteiger partial charge in [0, 0.05) is 24.4 Å². The summed E-state index contributed by atoms with van der Waals surface area (Å²) in [7, 11) is 0. The number of hydrogen-bond acceptors (Lipinski definition) is 3. The van der Waals surface area contributed by atoms with Crippen molar-refractivity contribution in [3.63, 3.8) is 0 Å². The molecule has 4 rings (SSSR count). The number of hydrogen-bond donors (Lipinski definition) is 0. The van der Waals surface area contributed by atoms with Gasteiger partial charge in [-0.15, -0.1) is 0 Å². The Morgan fingerprint density at radius 2 is 1.92 bits per heavy atom. The molecule has 1 unspecified atom stereocenters. The van der Waals surface area contributed by atoms with Crippen molar-refractivity contribution < 1.29 is 9.53 Å². The number of rotatable bonds is 3. The number of pyridine rings is 1. The van der Waals surface area contributed by atoms with E-state index in [0.29, 0.717) is 23.7 Å². The number of Topliss-reactive ketones (excluding diaryl/α,β-unsaturated/α-hetero) is 1. The maximum absolute atomic E-state index is 13.7. The van der Waals surface area contributed by atoms with E-state index in [0.717, 1.165) is 11.1 Å². The summed E-state index contributed by atoms with van der Waals surface area (Å²) in [6.07, 6.45) is 6.07. The summed E-state index contributed by atoms with van der Waals surface area (Å²) in [5.41, 5.74) is 1.44. The maximum Gasteiger partial charge on any atom is 0.228 e. The first kappa shape index (κ1) is 16.3. The minimum atomic E-state index is -1.12. The molecule has 1 aliphatic heterocycles. The third kappa shape index (κ3) is 2.54. The summed E-state index contributed by atoms with van der Waals surface area (Å²) in [5.74, 6) is 1.17. The van der Waals surface area contributed by atoms with Crippen molar-refractivity contribution in [2.24, 2.45) is 0 Å². The van der Waals surface area contributed by atoms with Crippen molar-refractivity contribution in [1.29, 1.82) is 0 Å². The van der Waals surface area contributed by atoms with Crippen LogP contribution in [0.25, 0.3) is 5.82 Å². The molecule has 3 heterocycles. The SMILES string of the molecule is CC(C)=CCC1(c2ccccc2)Oc2cccnc2-n2cccc2C1=O. The minimum absolute atomic E-state index is 0.0656. The number of fused-ring (bicyclic) bond motifs is 3. The molecule has 26 heavy (non-hydrogen) atoms. The molecule has 1 aromatic carbocycles. The highest BCUT2D eigenvalue weighted by atomic mass is 16.5.